The number of methoxy groups -OCH3 is 1. The zero-order chi connectivity index (χ0) is 15.5. The van der Waals surface area contributed by atoms with Crippen LogP contribution in [0.1, 0.15) is 18.6 Å². The van der Waals surface area contributed by atoms with E-state index >= 15 is 0 Å². The fourth-order valence-corrected chi connectivity index (χ4v) is 1.62. The number of aliphatic hydroxyl groups excluding tert-OH is 1. The number of rotatable bonds is 11. The van der Waals surface area contributed by atoms with E-state index in [1.807, 2.05) is 0 Å². The molecule has 0 aliphatic rings. The van der Waals surface area contributed by atoms with E-state index in [0.717, 1.165) is 0 Å². The molecule has 0 unspecified atom stereocenters. The second-order valence-corrected chi connectivity index (χ2v) is 4.43. The average molecular weight is 302 g/mol. The van der Waals surface area contributed by atoms with Gasteiger partial charge in [0.05, 0.1) is 39.1 Å². The summed E-state index contributed by atoms with van der Waals surface area (Å²) in [5, 5.41) is 9.33. The molecule has 1 N–H and O–H groups in total. The minimum absolute atomic E-state index is 0.256. The number of benzene rings is 1. The largest absolute Gasteiger partial charge is 0.491 e. The summed E-state index contributed by atoms with van der Waals surface area (Å²) in [5.74, 6) is -0.0631. The van der Waals surface area contributed by atoms with Gasteiger partial charge >= 0.3 is 0 Å². The molecule has 6 heteroatoms. The Hall–Kier alpha value is -1.21. The zero-order valence-corrected chi connectivity index (χ0v) is 12.5. The van der Waals surface area contributed by atoms with Crippen LogP contribution in [-0.4, -0.2) is 51.9 Å². The number of hydrogen-bond acceptors (Lipinski definition) is 5. The summed E-state index contributed by atoms with van der Waals surface area (Å²) in [6, 6.07) is 4.40. The predicted molar refractivity (Wildman–Crippen MR) is 76.0 cm³/mol. The number of ether oxygens (including phenoxy) is 4. The molecule has 0 spiro atoms. The Bertz CT molecular complexity index is 398. The summed E-state index contributed by atoms with van der Waals surface area (Å²) >= 11 is 0. The molecule has 0 aromatic heterocycles. The summed E-state index contributed by atoms with van der Waals surface area (Å²) in [7, 11) is 1.62. The van der Waals surface area contributed by atoms with Crippen LogP contribution in [0.2, 0.25) is 0 Å². The number of hydrogen-bond donors (Lipinski definition) is 1. The molecule has 0 fully saturated rings. The van der Waals surface area contributed by atoms with E-state index in [9.17, 15) is 9.50 Å². The Morgan fingerprint density at radius 2 is 1.67 bits per heavy atom. The lowest BCUT2D eigenvalue weighted by Gasteiger charge is -2.10. The molecule has 0 heterocycles. The van der Waals surface area contributed by atoms with E-state index in [-0.39, 0.29) is 5.56 Å². The number of halogens is 1. The second-order valence-electron chi connectivity index (χ2n) is 4.43. The van der Waals surface area contributed by atoms with E-state index in [1.54, 1.807) is 13.2 Å². The van der Waals surface area contributed by atoms with Crippen molar-refractivity contribution >= 4 is 0 Å². The van der Waals surface area contributed by atoms with Gasteiger partial charge in [-0.25, -0.2) is 4.39 Å². The van der Waals surface area contributed by atoms with Crippen LogP contribution in [0.3, 0.4) is 0 Å². The highest BCUT2D eigenvalue weighted by Gasteiger charge is 2.08. The van der Waals surface area contributed by atoms with Gasteiger partial charge in [-0.15, -0.1) is 0 Å². The first kappa shape index (κ1) is 17.8. The molecule has 1 aromatic rings. The highest BCUT2D eigenvalue weighted by atomic mass is 19.1. The van der Waals surface area contributed by atoms with Gasteiger partial charge in [0, 0.05) is 18.7 Å². The van der Waals surface area contributed by atoms with E-state index in [4.69, 9.17) is 18.9 Å². The lowest BCUT2D eigenvalue weighted by molar-refractivity contribution is 0.0179. The lowest BCUT2D eigenvalue weighted by atomic mass is 10.1. The lowest BCUT2D eigenvalue weighted by Crippen LogP contribution is -2.12. The molecule has 0 aliphatic carbocycles. The van der Waals surface area contributed by atoms with E-state index < -0.39 is 11.9 Å². The molecular weight excluding hydrogens is 279 g/mol. The molecule has 0 radical (unpaired) electrons. The summed E-state index contributed by atoms with van der Waals surface area (Å²) in [5.41, 5.74) is 0.256. The Balaban J connectivity index is 2.11. The van der Waals surface area contributed by atoms with Gasteiger partial charge in [-0.05, 0) is 19.1 Å². The van der Waals surface area contributed by atoms with Crippen molar-refractivity contribution < 1.29 is 28.4 Å². The summed E-state index contributed by atoms with van der Waals surface area (Å²) in [6.07, 6.45) is -0.833. The minimum atomic E-state index is -0.833. The smallest absolute Gasteiger partial charge is 0.132 e. The summed E-state index contributed by atoms with van der Waals surface area (Å²) in [4.78, 5) is 0. The fourth-order valence-electron chi connectivity index (χ4n) is 1.62. The van der Waals surface area contributed by atoms with Crippen molar-refractivity contribution in [1.29, 1.82) is 0 Å². The molecular formula is C15H23FO5. The molecule has 0 bridgehead atoms. The Morgan fingerprint density at radius 1 is 1.05 bits per heavy atom. The summed E-state index contributed by atoms with van der Waals surface area (Å²) in [6.45, 7) is 4.33. The summed E-state index contributed by atoms with van der Waals surface area (Å²) < 4.78 is 34.3. The second kappa shape index (κ2) is 10.5. The van der Waals surface area contributed by atoms with Crippen LogP contribution in [0.5, 0.6) is 5.75 Å². The van der Waals surface area contributed by atoms with Gasteiger partial charge in [0.25, 0.3) is 0 Å². The van der Waals surface area contributed by atoms with Gasteiger partial charge in [0.2, 0.25) is 0 Å². The van der Waals surface area contributed by atoms with E-state index in [1.165, 1.54) is 19.1 Å². The van der Waals surface area contributed by atoms with Gasteiger partial charge in [-0.2, -0.15) is 0 Å². The minimum Gasteiger partial charge on any atom is -0.491 e. The SMILES string of the molecule is COCCOCCOCCOc1ccc([C@@H](C)O)c(F)c1. The quantitative estimate of drug-likeness (QED) is 0.633. The fraction of sp³-hybridized carbons (Fsp3) is 0.600. The highest BCUT2D eigenvalue weighted by molar-refractivity contribution is 5.29. The molecule has 1 aromatic carbocycles. The molecule has 1 atom stereocenters. The van der Waals surface area contributed by atoms with E-state index in [0.29, 0.717) is 45.4 Å². The Kier molecular flexibility index (Phi) is 8.93. The van der Waals surface area contributed by atoms with Crippen LogP contribution >= 0.6 is 0 Å². The maximum atomic E-state index is 13.6. The standard InChI is InChI=1S/C15H23FO5/c1-12(17)14-4-3-13(11-15(14)16)21-10-9-20-8-7-19-6-5-18-2/h3-4,11-12,17H,5-10H2,1-2H3/t12-/m1/s1. The molecule has 1 rings (SSSR count). The average Bonchev–Trinajstić information content (AvgIpc) is 2.45. The van der Waals surface area contributed by atoms with Crippen molar-refractivity contribution in [2.45, 2.75) is 13.0 Å². The Labute approximate surface area is 124 Å². The van der Waals surface area contributed by atoms with Crippen molar-refractivity contribution in [3.8, 4) is 5.75 Å². The monoisotopic (exact) mass is 302 g/mol. The predicted octanol–water partition coefficient (Wildman–Crippen LogP) is 1.94. The molecule has 0 saturated heterocycles. The van der Waals surface area contributed by atoms with Crippen molar-refractivity contribution in [3.63, 3.8) is 0 Å². The van der Waals surface area contributed by atoms with Crippen LogP contribution in [0.25, 0.3) is 0 Å². The zero-order valence-electron chi connectivity index (χ0n) is 12.5. The third-order valence-electron chi connectivity index (χ3n) is 2.72. The molecule has 0 aliphatic heterocycles. The van der Waals surface area contributed by atoms with Crippen molar-refractivity contribution in [2.24, 2.45) is 0 Å². The topological polar surface area (TPSA) is 57.2 Å². The van der Waals surface area contributed by atoms with Crippen LogP contribution in [-0.2, 0) is 14.2 Å². The molecule has 0 saturated carbocycles. The Morgan fingerprint density at radius 3 is 2.24 bits per heavy atom. The molecule has 0 amide bonds. The first-order valence-electron chi connectivity index (χ1n) is 6.90. The van der Waals surface area contributed by atoms with Gasteiger partial charge < -0.3 is 24.1 Å². The number of aliphatic hydroxyl groups is 1. The normalized spacial score (nSPS) is 12.4. The van der Waals surface area contributed by atoms with Gasteiger partial charge in [0.15, 0.2) is 0 Å². The van der Waals surface area contributed by atoms with Crippen LogP contribution in [0.4, 0.5) is 4.39 Å². The highest BCUT2D eigenvalue weighted by Crippen LogP contribution is 2.21. The van der Waals surface area contributed by atoms with E-state index in [2.05, 4.69) is 0 Å². The van der Waals surface area contributed by atoms with Crippen molar-refractivity contribution in [2.75, 3.05) is 46.8 Å². The van der Waals surface area contributed by atoms with Gasteiger partial charge in [-0.3, -0.25) is 0 Å². The van der Waals surface area contributed by atoms with Gasteiger partial charge in [-0.1, -0.05) is 0 Å². The maximum Gasteiger partial charge on any atom is 0.132 e. The molecule has 21 heavy (non-hydrogen) atoms. The van der Waals surface area contributed by atoms with Crippen LogP contribution in [0, 0.1) is 5.82 Å². The van der Waals surface area contributed by atoms with Crippen molar-refractivity contribution in [3.05, 3.63) is 29.6 Å². The maximum absolute atomic E-state index is 13.6. The molecule has 120 valence electrons. The van der Waals surface area contributed by atoms with Crippen molar-refractivity contribution in [1.82, 2.24) is 0 Å². The first-order valence-corrected chi connectivity index (χ1v) is 6.90. The van der Waals surface area contributed by atoms with Crippen LogP contribution in [0.15, 0.2) is 18.2 Å². The first-order chi connectivity index (χ1) is 10.1. The third kappa shape index (κ3) is 7.38. The van der Waals surface area contributed by atoms with Crippen LogP contribution < -0.4 is 4.74 Å². The molecule has 5 nitrogen and oxygen atoms in total. The third-order valence-corrected chi connectivity index (χ3v) is 2.72. The van der Waals surface area contributed by atoms with Gasteiger partial charge in [0.1, 0.15) is 18.2 Å².